The van der Waals surface area contributed by atoms with E-state index in [1.165, 1.54) is 6.07 Å². The zero-order valence-electron chi connectivity index (χ0n) is 8.88. The highest BCUT2D eigenvalue weighted by Crippen LogP contribution is 2.27. The Kier molecular flexibility index (Phi) is 5.27. The maximum atomic E-state index is 13.5. The number of hydrogen-bond donors (Lipinski definition) is 0. The van der Waals surface area contributed by atoms with Crippen molar-refractivity contribution in [2.75, 3.05) is 6.61 Å². The highest BCUT2D eigenvalue weighted by Gasteiger charge is 2.30. The number of benzene rings is 1. The van der Waals surface area contributed by atoms with Gasteiger partial charge in [-0.3, -0.25) is 4.79 Å². The molecule has 3 nitrogen and oxygen atoms in total. The maximum absolute atomic E-state index is 13.5. The summed E-state index contributed by atoms with van der Waals surface area (Å²) in [7, 11) is 0. The average Bonchev–Trinajstić information content (AvgIpc) is 2.31. The third-order valence-electron chi connectivity index (χ3n) is 1.94. The summed E-state index contributed by atoms with van der Waals surface area (Å²) >= 11 is 6.34. The molecule has 17 heavy (non-hydrogen) atoms. The minimum atomic E-state index is -2.29. The van der Waals surface area contributed by atoms with Gasteiger partial charge in [0.25, 0.3) is 6.17 Å². The van der Waals surface area contributed by atoms with Gasteiger partial charge in [-0.1, -0.05) is 12.1 Å². The zero-order chi connectivity index (χ0) is 13.0. The van der Waals surface area contributed by atoms with Crippen molar-refractivity contribution in [3.8, 4) is 0 Å². The molecule has 6 heteroatoms. The van der Waals surface area contributed by atoms with E-state index in [2.05, 4.69) is 36.6 Å². The molecule has 0 spiro atoms. The summed E-state index contributed by atoms with van der Waals surface area (Å²) in [6.45, 7) is 1.58. The fourth-order valence-electron chi connectivity index (χ4n) is 1.15. The van der Waals surface area contributed by atoms with Crippen LogP contribution in [-0.4, -0.2) is 24.5 Å². The van der Waals surface area contributed by atoms with E-state index in [0.717, 1.165) is 0 Å². The molecule has 0 saturated heterocycles. The molecule has 1 unspecified atom stereocenters. The van der Waals surface area contributed by atoms with Gasteiger partial charge >= 0.3 is 5.97 Å². The highest BCUT2D eigenvalue weighted by molar-refractivity contribution is 9.13. The molecule has 0 aliphatic rings. The number of halogens is 3. The fourth-order valence-corrected chi connectivity index (χ4v) is 1.98. The number of carbonyl (C=O) groups is 2. The molecule has 0 heterocycles. The van der Waals surface area contributed by atoms with Crippen LogP contribution in [0.2, 0.25) is 0 Å². The Bertz CT molecular complexity index is 448. The Balaban J connectivity index is 2.97. The van der Waals surface area contributed by atoms with E-state index in [-0.39, 0.29) is 12.2 Å². The molecule has 92 valence electrons. The molecule has 1 rings (SSSR count). The largest absolute Gasteiger partial charge is 0.463 e. The number of esters is 1. The maximum Gasteiger partial charge on any atom is 0.349 e. The number of rotatable bonds is 4. The van der Waals surface area contributed by atoms with E-state index >= 15 is 0 Å². The first kappa shape index (κ1) is 14.3. The normalized spacial score (nSPS) is 12.0. The molecule has 0 aliphatic heterocycles. The van der Waals surface area contributed by atoms with E-state index in [9.17, 15) is 14.0 Å². The van der Waals surface area contributed by atoms with Gasteiger partial charge in [-0.2, -0.15) is 0 Å². The van der Waals surface area contributed by atoms with Crippen molar-refractivity contribution < 1.29 is 18.7 Å². The van der Waals surface area contributed by atoms with Crippen molar-refractivity contribution in [1.82, 2.24) is 0 Å². The van der Waals surface area contributed by atoms with Crippen LogP contribution < -0.4 is 0 Å². The van der Waals surface area contributed by atoms with Crippen molar-refractivity contribution in [3.63, 3.8) is 0 Å². The lowest BCUT2D eigenvalue weighted by atomic mass is 10.1. The van der Waals surface area contributed by atoms with Gasteiger partial charge in [-0.15, -0.1) is 0 Å². The number of carbonyl (C=O) groups excluding carboxylic acids is 2. The molecule has 0 bridgehead atoms. The predicted molar refractivity (Wildman–Crippen MR) is 67.7 cm³/mol. The van der Waals surface area contributed by atoms with Gasteiger partial charge in [0, 0.05) is 14.5 Å². The summed E-state index contributed by atoms with van der Waals surface area (Å²) < 4.78 is 19.0. The quantitative estimate of drug-likeness (QED) is 0.466. The minimum absolute atomic E-state index is 0.0339. The standard InChI is InChI=1S/C11H9Br2FO3/c1-2-17-11(16)9(14)10(15)6-4-3-5-7(12)8(6)13/h3-5,9H,2H2,1H3. The lowest BCUT2D eigenvalue weighted by Crippen LogP contribution is -2.28. The molecule has 1 atom stereocenters. The van der Waals surface area contributed by atoms with E-state index in [1.54, 1.807) is 19.1 Å². The third kappa shape index (κ3) is 3.35. The number of alkyl halides is 1. The van der Waals surface area contributed by atoms with Crippen molar-refractivity contribution in [1.29, 1.82) is 0 Å². The first-order valence-corrected chi connectivity index (χ1v) is 6.36. The summed E-state index contributed by atoms with van der Waals surface area (Å²) in [6.07, 6.45) is -2.29. The second kappa shape index (κ2) is 6.26. The molecule has 0 saturated carbocycles. The second-order valence-electron chi connectivity index (χ2n) is 3.08. The lowest BCUT2D eigenvalue weighted by Gasteiger charge is -2.08. The van der Waals surface area contributed by atoms with Gasteiger partial charge < -0.3 is 4.74 Å². The van der Waals surface area contributed by atoms with E-state index in [1.807, 2.05) is 0 Å². The van der Waals surface area contributed by atoms with Crippen LogP contribution in [0.5, 0.6) is 0 Å². The van der Waals surface area contributed by atoms with Crippen molar-refractivity contribution in [2.24, 2.45) is 0 Å². The number of Topliss-reactive ketones (excluding diaryl/α,β-unsaturated/α-hetero) is 1. The van der Waals surface area contributed by atoms with Gasteiger partial charge in [0.1, 0.15) is 0 Å². The first-order chi connectivity index (χ1) is 7.99. The van der Waals surface area contributed by atoms with E-state index in [0.29, 0.717) is 8.95 Å². The van der Waals surface area contributed by atoms with Crippen molar-refractivity contribution >= 4 is 43.6 Å². The molecular formula is C11H9Br2FO3. The monoisotopic (exact) mass is 366 g/mol. The molecule has 1 aromatic rings. The van der Waals surface area contributed by atoms with Crippen LogP contribution in [0, 0.1) is 0 Å². The minimum Gasteiger partial charge on any atom is -0.463 e. The zero-order valence-corrected chi connectivity index (χ0v) is 12.0. The molecule has 0 N–H and O–H groups in total. The Morgan fingerprint density at radius 3 is 2.65 bits per heavy atom. The fraction of sp³-hybridized carbons (Fsp3) is 0.273. The summed E-state index contributed by atoms with van der Waals surface area (Å²) in [5.74, 6) is -2.08. The number of ketones is 1. The van der Waals surface area contributed by atoms with Gasteiger partial charge in [0.15, 0.2) is 0 Å². The summed E-state index contributed by atoms with van der Waals surface area (Å²) in [6, 6.07) is 4.71. The van der Waals surface area contributed by atoms with Crippen LogP contribution in [0.4, 0.5) is 4.39 Å². The van der Waals surface area contributed by atoms with Gasteiger partial charge in [0.2, 0.25) is 5.78 Å². The van der Waals surface area contributed by atoms with E-state index < -0.39 is 17.9 Å². The second-order valence-corrected chi connectivity index (χ2v) is 4.73. The molecule has 0 aliphatic carbocycles. The van der Waals surface area contributed by atoms with Crippen molar-refractivity contribution in [2.45, 2.75) is 13.1 Å². The Morgan fingerprint density at radius 2 is 2.06 bits per heavy atom. The van der Waals surface area contributed by atoms with Gasteiger partial charge in [-0.05, 0) is 44.8 Å². The topological polar surface area (TPSA) is 43.4 Å². The molecule has 0 aromatic heterocycles. The van der Waals surface area contributed by atoms with Crippen LogP contribution in [0.1, 0.15) is 17.3 Å². The van der Waals surface area contributed by atoms with Crippen LogP contribution in [0.3, 0.4) is 0 Å². The summed E-state index contributed by atoms with van der Waals surface area (Å²) in [5.41, 5.74) is 0.0972. The van der Waals surface area contributed by atoms with Gasteiger partial charge in [0.05, 0.1) is 6.61 Å². The van der Waals surface area contributed by atoms with Crippen molar-refractivity contribution in [3.05, 3.63) is 32.7 Å². The van der Waals surface area contributed by atoms with Crippen LogP contribution in [0.25, 0.3) is 0 Å². The summed E-state index contributed by atoms with van der Waals surface area (Å²) in [4.78, 5) is 22.8. The van der Waals surface area contributed by atoms with E-state index in [4.69, 9.17) is 0 Å². The molecular weight excluding hydrogens is 359 g/mol. The molecule has 0 fully saturated rings. The molecule has 0 radical (unpaired) electrons. The molecule has 0 amide bonds. The van der Waals surface area contributed by atoms with Crippen LogP contribution in [-0.2, 0) is 9.53 Å². The predicted octanol–water partition coefficient (Wildman–Crippen LogP) is 3.30. The Hall–Kier alpha value is -0.750. The molecule has 1 aromatic carbocycles. The Labute approximate surface area is 115 Å². The highest BCUT2D eigenvalue weighted by atomic mass is 79.9. The lowest BCUT2D eigenvalue weighted by molar-refractivity contribution is -0.147. The third-order valence-corrected chi connectivity index (χ3v) is 3.99. The SMILES string of the molecule is CCOC(=O)C(F)C(=O)c1cccc(Br)c1Br. The first-order valence-electron chi connectivity index (χ1n) is 4.78. The smallest absolute Gasteiger partial charge is 0.349 e. The number of hydrogen-bond acceptors (Lipinski definition) is 3. The number of ether oxygens (including phenoxy) is 1. The average molecular weight is 368 g/mol. The van der Waals surface area contributed by atoms with Crippen LogP contribution >= 0.6 is 31.9 Å². The summed E-state index contributed by atoms with van der Waals surface area (Å²) in [5, 5.41) is 0. The Morgan fingerprint density at radius 1 is 1.41 bits per heavy atom. The van der Waals surface area contributed by atoms with Crippen LogP contribution in [0.15, 0.2) is 27.1 Å². The van der Waals surface area contributed by atoms with Gasteiger partial charge in [-0.25, -0.2) is 9.18 Å².